The molecule has 0 heterocycles. The van der Waals surface area contributed by atoms with Crippen LogP contribution < -0.4 is 0 Å². The minimum atomic E-state index is -0.803. The normalized spacial score (nSPS) is 13.0. The summed E-state index contributed by atoms with van der Waals surface area (Å²) in [4.78, 5) is 38.4. The van der Waals surface area contributed by atoms with Crippen LogP contribution in [-0.4, -0.2) is 37.2 Å². The molecule has 6 nitrogen and oxygen atoms in total. The maximum Gasteiger partial charge on any atom is 0.306 e. The van der Waals surface area contributed by atoms with E-state index in [1.54, 1.807) is 0 Å². The molecule has 0 aromatic rings. The summed E-state index contributed by atoms with van der Waals surface area (Å²) in [5, 5.41) is 0. The summed E-state index contributed by atoms with van der Waals surface area (Å²) >= 11 is 0. The Bertz CT molecular complexity index is 1800. The molecule has 0 saturated heterocycles. The van der Waals surface area contributed by atoms with E-state index < -0.39 is 6.10 Å². The highest BCUT2D eigenvalue weighted by molar-refractivity contribution is 5.71. The van der Waals surface area contributed by atoms with Crippen LogP contribution in [0.2, 0.25) is 0 Å². The minimum Gasteiger partial charge on any atom is -0.462 e. The Kier molecular flexibility index (Phi) is 65.8. The van der Waals surface area contributed by atoms with Crippen LogP contribution in [0.1, 0.15) is 303 Å². The average molecular weight is 1150 g/mol. The molecule has 0 amide bonds. The van der Waals surface area contributed by atoms with Crippen LogP contribution in [0.3, 0.4) is 0 Å². The second-order valence-corrected chi connectivity index (χ2v) is 22.3. The zero-order valence-corrected chi connectivity index (χ0v) is 53.9. The monoisotopic (exact) mass is 1150 g/mol. The Balaban J connectivity index is 4.42. The van der Waals surface area contributed by atoms with Gasteiger partial charge >= 0.3 is 17.9 Å². The molecule has 1 atom stereocenters. The fourth-order valence-corrected chi connectivity index (χ4v) is 9.23. The molecule has 0 saturated carbocycles. The van der Waals surface area contributed by atoms with Gasteiger partial charge in [-0.15, -0.1) is 0 Å². The highest BCUT2D eigenvalue weighted by Crippen LogP contribution is 2.16. The fourth-order valence-electron chi connectivity index (χ4n) is 9.23. The predicted octanol–water partition coefficient (Wildman–Crippen LogP) is 23.9. The first-order valence-corrected chi connectivity index (χ1v) is 34.3. The molecule has 0 spiro atoms. The largest absolute Gasteiger partial charge is 0.462 e. The standard InChI is InChI=1S/C77H126O6/c1-4-7-10-13-16-19-22-25-28-30-32-34-36-37-38-39-41-42-44-46-49-52-55-58-61-64-67-70-76(79)82-73-74(72-81-75(78)69-66-63-60-57-54-51-48-27-24-21-18-15-12-9-6-3)83-77(80)71-68-65-62-59-56-53-50-47-45-43-40-35-33-31-29-26-23-20-17-14-11-8-5-2/h7,9-10,12,16,18-19,21,23,25-28,31-34,37-38,41-42,46,48-49,74H,4-6,8,11,13-15,17,20,22,24,29-30,35-36,39-40,43-45,47,50-73H2,1-3H3/b10-7-,12-9-,19-16-,21-18-,26-23-,28-25-,33-31-,34-32-,38-37-,42-41-,48-27-,49-46-. The van der Waals surface area contributed by atoms with E-state index in [0.29, 0.717) is 19.3 Å². The summed E-state index contributed by atoms with van der Waals surface area (Å²) < 4.78 is 16.9. The van der Waals surface area contributed by atoms with Crippen molar-refractivity contribution in [3.05, 3.63) is 146 Å². The van der Waals surface area contributed by atoms with Crippen LogP contribution in [0.25, 0.3) is 0 Å². The summed E-state index contributed by atoms with van der Waals surface area (Å²) in [5.74, 6) is -0.931. The molecule has 0 radical (unpaired) electrons. The molecule has 0 fully saturated rings. The zero-order chi connectivity index (χ0) is 59.9. The summed E-state index contributed by atoms with van der Waals surface area (Å²) in [6, 6.07) is 0. The lowest BCUT2D eigenvalue weighted by atomic mass is 10.0. The summed E-state index contributed by atoms with van der Waals surface area (Å²) in [6.45, 7) is 6.39. The number of carbonyl (C=O) groups is 3. The van der Waals surface area contributed by atoms with Gasteiger partial charge in [-0.1, -0.05) is 289 Å². The summed E-state index contributed by atoms with van der Waals surface area (Å²) in [5.41, 5.74) is 0. The molecule has 6 heteroatoms. The van der Waals surface area contributed by atoms with Crippen molar-refractivity contribution in [1.82, 2.24) is 0 Å². The van der Waals surface area contributed by atoms with Crippen LogP contribution >= 0.6 is 0 Å². The average Bonchev–Trinajstić information content (AvgIpc) is 3.49. The first kappa shape index (κ1) is 78.3. The molecular formula is C77H126O6. The number of rotatable bonds is 61. The van der Waals surface area contributed by atoms with Gasteiger partial charge in [0, 0.05) is 19.3 Å². The van der Waals surface area contributed by atoms with E-state index >= 15 is 0 Å². The molecule has 0 aromatic carbocycles. The van der Waals surface area contributed by atoms with Gasteiger partial charge in [0.1, 0.15) is 13.2 Å². The molecule has 0 bridgehead atoms. The number of unbranched alkanes of at least 4 members (excludes halogenated alkanes) is 26. The third-order valence-corrected chi connectivity index (χ3v) is 14.3. The van der Waals surface area contributed by atoms with Crippen molar-refractivity contribution >= 4 is 17.9 Å². The topological polar surface area (TPSA) is 78.9 Å². The second-order valence-electron chi connectivity index (χ2n) is 22.3. The lowest BCUT2D eigenvalue weighted by Crippen LogP contribution is -2.30. The number of esters is 3. The molecular weight excluding hydrogens is 1020 g/mol. The maximum atomic E-state index is 13.0. The van der Waals surface area contributed by atoms with Gasteiger partial charge in [-0.3, -0.25) is 14.4 Å². The van der Waals surface area contributed by atoms with Crippen molar-refractivity contribution in [3.8, 4) is 0 Å². The van der Waals surface area contributed by atoms with Gasteiger partial charge in [0.05, 0.1) is 0 Å². The van der Waals surface area contributed by atoms with Crippen LogP contribution in [0, 0.1) is 0 Å². The number of hydrogen-bond acceptors (Lipinski definition) is 6. The van der Waals surface area contributed by atoms with E-state index in [1.807, 2.05) is 0 Å². The molecule has 0 aliphatic rings. The van der Waals surface area contributed by atoms with E-state index in [2.05, 4.69) is 167 Å². The highest BCUT2D eigenvalue weighted by atomic mass is 16.6. The molecule has 0 N–H and O–H groups in total. The Labute approximate surface area is 512 Å². The van der Waals surface area contributed by atoms with Crippen molar-refractivity contribution in [2.24, 2.45) is 0 Å². The lowest BCUT2D eigenvalue weighted by molar-refractivity contribution is -0.167. The molecule has 0 rings (SSSR count). The SMILES string of the molecule is CC/C=C\C/C=C\C/C=C\C/C=C\C/C=C\C/C=C\C/C=C\CCCCCCCC(=O)OCC(COC(=O)CCCCCCC/C=C\C/C=C\C/C=C\CC)OC(=O)CCCCCCCCCCCCC/C=C\C/C=C\CCCCCCC. The van der Waals surface area contributed by atoms with Crippen molar-refractivity contribution in [3.63, 3.8) is 0 Å². The summed E-state index contributed by atoms with van der Waals surface area (Å²) in [7, 11) is 0. The van der Waals surface area contributed by atoms with Gasteiger partial charge in [-0.25, -0.2) is 0 Å². The second kappa shape index (κ2) is 69.8. The quantitative estimate of drug-likeness (QED) is 0.0261. The number of hydrogen-bond donors (Lipinski definition) is 0. The fraction of sp³-hybridized carbons (Fsp3) is 0.649. The van der Waals surface area contributed by atoms with Gasteiger partial charge in [0.15, 0.2) is 6.10 Å². The summed E-state index contributed by atoms with van der Waals surface area (Å²) in [6.07, 6.45) is 100.0. The predicted molar refractivity (Wildman–Crippen MR) is 362 cm³/mol. The Morgan fingerprint density at radius 1 is 0.253 bits per heavy atom. The van der Waals surface area contributed by atoms with Gasteiger partial charge < -0.3 is 14.2 Å². The van der Waals surface area contributed by atoms with E-state index in [9.17, 15) is 14.4 Å². The van der Waals surface area contributed by atoms with Crippen LogP contribution in [0.15, 0.2) is 146 Å². The van der Waals surface area contributed by atoms with Crippen LogP contribution in [-0.2, 0) is 28.6 Å². The molecule has 470 valence electrons. The third-order valence-electron chi connectivity index (χ3n) is 14.3. The molecule has 0 aromatic heterocycles. The Morgan fingerprint density at radius 3 is 0.735 bits per heavy atom. The molecule has 83 heavy (non-hydrogen) atoms. The van der Waals surface area contributed by atoms with Crippen LogP contribution in [0.4, 0.5) is 0 Å². The molecule has 1 unspecified atom stereocenters. The van der Waals surface area contributed by atoms with E-state index in [1.165, 1.54) is 96.3 Å². The van der Waals surface area contributed by atoms with Gasteiger partial charge in [0.2, 0.25) is 0 Å². The van der Waals surface area contributed by atoms with E-state index in [0.717, 1.165) is 167 Å². The number of allylic oxidation sites excluding steroid dienone is 24. The van der Waals surface area contributed by atoms with Crippen molar-refractivity contribution in [2.75, 3.05) is 13.2 Å². The van der Waals surface area contributed by atoms with Crippen molar-refractivity contribution < 1.29 is 28.6 Å². The third kappa shape index (κ3) is 68.0. The van der Waals surface area contributed by atoms with E-state index in [-0.39, 0.29) is 31.1 Å². The van der Waals surface area contributed by atoms with Gasteiger partial charge in [-0.05, 0) is 141 Å². The first-order chi connectivity index (χ1) is 41.0. The smallest absolute Gasteiger partial charge is 0.306 e. The van der Waals surface area contributed by atoms with Gasteiger partial charge in [0.25, 0.3) is 0 Å². The Hall–Kier alpha value is -4.71. The first-order valence-electron chi connectivity index (χ1n) is 34.3. The lowest BCUT2D eigenvalue weighted by Gasteiger charge is -2.18. The van der Waals surface area contributed by atoms with Crippen molar-refractivity contribution in [1.29, 1.82) is 0 Å². The molecule has 0 aliphatic heterocycles. The minimum absolute atomic E-state index is 0.0983. The maximum absolute atomic E-state index is 13.0. The molecule has 0 aliphatic carbocycles. The van der Waals surface area contributed by atoms with Gasteiger partial charge in [-0.2, -0.15) is 0 Å². The highest BCUT2D eigenvalue weighted by Gasteiger charge is 2.19. The number of ether oxygens (including phenoxy) is 3. The van der Waals surface area contributed by atoms with Crippen molar-refractivity contribution in [2.45, 2.75) is 309 Å². The van der Waals surface area contributed by atoms with Crippen LogP contribution in [0.5, 0.6) is 0 Å². The zero-order valence-electron chi connectivity index (χ0n) is 53.9. The van der Waals surface area contributed by atoms with E-state index in [4.69, 9.17) is 14.2 Å². The Morgan fingerprint density at radius 2 is 0.470 bits per heavy atom. The number of carbonyl (C=O) groups excluding carboxylic acids is 3.